The van der Waals surface area contributed by atoms with E-state index in [1.807, 2.05) is 30.3 Å². The first-order chi connectivity index (χ1) is 29.0. The van der Waals surface area contributed by atoms with Gasteiger partial charge in [-0.2, -0.15) is 0 Å². The lowest BCUT2D eigenvalue weighted by Crippen LogP contribution is -2.28. The van der Waals surface area contributed by atoms with Gasteiger partial charge in [-0.3, -0.25) is 19.6 Å². The Morgan fingerprint density at radius 1 is 0.661 bits per heavy atom. The summed E-state index contributed by atoms with van der Waals surface area (Å²) in [6, 6.07) is 27.5. The summed E-state index contributed by atoms with van der Waals surface area (Å²) in [6.45, 7) is 0.0871. The Morgan fingerprint density at radius 3 is 1.68 bits per heavy atom. The molecule has 324 valence electrons. The van der Waals surface area contributed by atoms with E-state index in [9.17, 15) is 31.9 Å². The minimum atomic E-state index is -1.04. The number of halogens is 5. The molecule has 2 aromatic heterocycles. The molecule has 0 radical (unpaired) electrons. The highest BCUT2D eigenvalue weighted by Crippen LogP contribution is 2.34. The van der Waals surface area contributed by atoms with E-state index in [1.54, 1.807) is 54.9 Å². The minimum Gasteiger partial charge on any atom is -0.443 e. The second-order valence-corrected chi connectivity index (χ2v) is 13.7. The second-order valence-electron chi connectivity index (χ2n) is 13.7. The zero-order valence-electron chi connectivity index (χ0n) is 32.4. The molecule has 0 unspecified atom stereocenters. The number of aliphatic hydroxyl groups excluding tert-OH is 1. The number of rotatable bonds is 8. The maximum atomic E-state index is 13.4. The van der Waals surface area contributed by atoms with Crippen LogP contribution in [0.5, 0.6) is 0 Å². The number of anilines is 2. The van der Waals surface area contributed by atoms with Crippen molar-refractivity contribution in [3.63, 3.8) is 0 Å². The summed E-state index contributed by atoms with van der Waals surface area (Å²) in [5, 5.41) is 16.5. The standard InChI is InChI=1S/C23H19F2N3O3.C16H14F2N2O.C6H7NO.CH4.ClH/c24-19-9-7-14(12-20(19)25)27-22(29)18-6-3-5-17-16(18)8-10-21(17)28-23(30)31-13-15-4-1-2-11-26-15;17-13-6-4-9(8-14(13)18)20-16(21)12-3-1-2-11-10(12)5-7-15(11)19;8-5-6-3-1-2-4-7-6;;/h1-7,9,11-12,21H,8,10,13H2,(H,27,29)(H,28,30);1-4,6,8,15H,5,7,19H2,(H,20,21);1-4,8H,5H2;1H4;1H/t21-;15-;;;/m00.../s1. The molecule has 6 N–H and O–H groups in total. The van der Waals surface area contributed by atoms with Gasteiger partial charge in [0.1, 0.15) is 6.61 Å². The van der Waals surface area contributed by atoms with E-state index >= 15 is 0 Å². The van der Waals surface area contributed by atoms with Gasteiger partial charge < -0.3 is 31.5 Å². The molecule has 0 saturated carbocycles. The summed E-state index contributed by atoms with van der Waals surface area (Å²) in [7, 11) is 0. The van der Waals surface area contributed by atoms with Gasteiger partial charge in [0.05, 0.1) is 24.0 Å². The number of fused-ring (bicyclic) bond motifs is 2. The number of carbonyl (C=O) groups is 3. The molecule has 2 atom stereocenters. The van der Waals surface area contributed by atoms with E-state index in [2.05, 4.69) is 25.9 Å². The molecule has 2 aliphatic rings. The number of nitrogens with two attached hydrogens (primary N) is 1. The van der Waals surface area contributed by atoms with E-state index in [4.69, 9.17) is 15.6 Å². The monoisotopic (exact) mass is 872 g/mol. The van der Waals surface area contributed by atoms with Crippen LogP contribution in [-0.4, -0.2) is 33.0 Å². The van der Waals surface area contributed by atoms with Crippen molar-refractivity contribution in [2.45, 2.75) is 58.4 Å². The molecule has 2 heterocycles. The highest BCUT2D eigenvalue weighted by Gasteiger charge is 2.28. The van der Waals surface area contributed by atoms with Gasteiger partial charge in [-0.25, -0.2) is 22.4 Å². The first-order valence-corrected chi connectivity index (χ1v) is 18.9. The Kier molecular flexibility index (Phi) is 17.6. The fraction of sp³-hybridized carbons (Fsp3) is 0.196. The summed E-state index contributed by atoms with van der Waals surface area (Å²) in [5.41, 5.74) is 12.2. The topological polar surface area (TPSA) is 169 Å². The van der Waals surface area contributed by atoms with Crippen LogP contribution in [0.2, 0.25) is 0 Å². The number of hydrogen-bond acceptors (Lipinski definition) is 8. The molecule has 0 spiro atoms. The van der Waals surface area contributed by atoms with Crippen LogP contribution in [0.3, 0.4) is 0 Å². The minimum absolute atomic E-state index is 0. The highest BCUT2D eigenvalue weighted by atomic mass is 35.5. The number of aliphatic hydroxyl groups is 1. The summed E-state index contributed by atoms with van der Waals surface area (Å²) in [4.78, 5) is 45.2. The lowest BCUT2D eigenvalue weighted by molar-refractivity contribution is 0.101. The van der Waals surface area contributed by atoms with E-state index in [-0.39, 0.29) is 62.4 Å². The van der Waals surface area contributed by atoms with E-state index < -0.39 is 35.3 Å². The van der Waals surface area contributed by atoms with Crippen LogP contribution in [0.1, 0.15) is 86.7 Å². The first kappa shape index (κ1) is 48.0. The average molecular weight is 873 g/mol. The predicted molar refractivity (Wildman–Crippen MR) is 230 cm³/mol. The molecule has 0 bridgehead atoms. The summed E-state index contributed by atoms with van der Waals surface area (Å²) in [5.74, 6) is -4.73. The third-order valence-corrected chi connectivity index (χ3v) is 9.69. The van der Waals surface area contributed by atoms with Crippen LogP contribution in [0.15, 0.2) is 122 Å². The molecule has 0 saturated heterocycles. The number of carbonyl (C=O) groups excluding carboxylic acids is 3. The largest absolute Gasteiger partial charge is 0.443 e. The third-order valence-electron chi connectivity index (χ3n) is 9.69. The Labute approximate surface area is 362 Å². The van der Waals surface area contributed by atoms with Crippen molar-refractivity contribution in [1.29, 1.82) is 0 Å². The van der Waals surface area contributed by atoms with Crippen molar-refractivity contribution >= 4 is 41.7 Å². The smallest absolute Gasteiger partial charge is 0.408 e. The third kappa shape index (κ3) is 12.4. The van der Waals surface area contributed by atoms with Crippen molar-refractivity contribution in [1.82, 2.24) is 15.3 Å². The molecule has 2 aliphatic carbocycles. The Bertz CT molecular complexity index is 2470. The first-order valence-electron chi connectivity index (χ1n) is 18.9. The number of nitrogens with one attached hydrogen (secondary N) is 3. The lowest BCUT2D eigenvalue weighted by atomic mass is 10.0. The normalized spacial score (nSPS) is 14.1. The van der Waals surface area contributed by atoms with Crippen molar-refractivity contribution in [2.24, 2.45) is 5.73 Å². The molecule has 62 heavy (non-hydrogen) atoms. The molecule has 0 aliphatic heterocycles. The fourth-order valence-electron chi connectivity index (χ4n) is 6.76. The lowest BCUT2D eigenvalue weighted by Gasteiger charge is -2.15. The van der Waals surface area contributed by atoms with Gasteiger partial charge in [0, 0.05) is 53.1 Å². The maximum Gasteiger partial charge on any atom is 0.408 e. The van der Waals surface area contributed by atoms with E-state index in [1.165, 1.54) is 12.1 Å². The zero-order valence-corrected chi connectivity index (χ0v) is 33.2. The number of pyridine rings is 2. The van der Waals surface area contributed by atoms with Crippen molar-refractivity contribution in [3.8, 4) is 0 Å². The number of nitrogens with zero attached hydrogens (tertiary/aromatic N) is 2. The number of aromatic nitrogens is 2. The molecule has 4 aromatic carbocycles. The Hall–Kier alpha value is -6.68. The summed E-state index contributed by atoms with van der Waals surface area (Å²) < 4.78 is 57.8. The number of alkyl carbamates (subject to hydrolysis) is 1. The van der Waals surface area contributed by atoms with Crippen LogP contribution in [0.25, 0.3) is 0 Å². The number of benzene rings is 4. The van der Waals surface area contributed by atoms with Crippen LogP contribution in [-0.2, 0) is 30.8 Å². The molecule has 3 amide bonds. The van der Waals surface area contributed by atoms with Crippen LogP contribution in [0.4, 0.5) is 33.7 Å². The SMILES string of the molecule is C.Cl.N[C@H]1CCc2c(C(=O)Nc3ccc(F)c(F)c3)cccc21.O=C(N[C@H]1CCc2c(C(=O)Nc3ccc(F)c(F)c3)cccc21)OCc1ccccn1.OCc1ccccn1. The molecular weight excluding hydrogens is 828 g/mol. The van der Waals surface area contributed by atoms with Gasteiger partial charge in [-0.05, 0) is 109 Å². The van der Waals surface area contributed by atoms with Crippen molar-refractivity contribution in [3.05, 3.63) is 190 Å². The Balaban J connectivity index is 0.000000235. The average Bonchev–Trinajstić information content (AvgIpc) is 3.86. The molecular formula is C46H45ClF4N6O5. The van der Waals surface area contributed by atoms with Gasteiger partial charge >= 0.3 is 6.09 Å². The van der Waals surface area contributed by atoms with E-state index in [0.717, 1.165) is 59.4 Å². The summed E-state index contributed by atoms with van der Waals surface area (Å²) >= 11 is 0. The van der Waals surface area contributed by atoms with Crippen molar-refractivity contribution in [2.75, 3.05) is 10.6 Å². The zero-order chi connectivity index (χ0) is 42.6. The second kappa shape index (κ2) is 22.8. The van der Waals surface area contributed by atoms with Gasteiger partial charge in [0.2, 0.25) is 0 Å². The van der Waals surface area contributed by atoms with Crippen molar-refractivity contribution < 1.29 is 41.8 Å². The van der Waals surface area contributed by atoms with Gasteiger partial charge in [0.15, 0.2) is 23.3 Å². The molecule has 8 rings (SSSR count). The predicted octanol–water partition coefficient (Wildman–Crippen LogP) is 9.32. The number of amides is 3. The molecule has 11 nitrogen and oxygen atoms in total. The van der Waals surface area contributed by atoms with Gasteiger partial charge in [-0.15, -0.1) is 12.4 Å². The fourth-order valence-corrected chi connectivity index (χ4v) is 6.76. The van der Waals surface area contributed by atoms with Crippen LogP contribution >= 0.6 is 12.4 Å². The number of hydrogen-bond donors (Lipinski definition) is 5. The summed E-state index contributed by atoms with van der Waals surface area (Å²) in [6.07, 6.45) is 5.47. The molecule has 6 aromatic rings. The van der Waals surface area contributed by atoms with Crippen LogP contribution < -0.4 is 21.7 Å². The highest BCUT2D eigenvalue weighted by molar-refractivity contribution is 6.06. The quantitative estimate of drug-likeness (QED) is 0.0944. The Morgan fingerprint density at radius 2 is 1.18 bits per heavy atom. The van der Waals surface area contributed by atoms with Crippen LogP contribution in [0, 0.1) is 23.3 Å². The maximum absolute atomic E-state index is 13.4. The number of ether oxygens (including phenoxy) is 1. The van der Waals surface area contributed by atoms with Gasteiger partial charge in [0.25, 0.3) is 11.8 Å². The molecule has 16 heteroatoms. The van der Waals surface area contributed by atoms with Gasteiger partial charge in [-0.1, -0.05) is 43.8 Å². The molecule has 0 fully saturated rings. The van der Waals surface area contributed by atoms with E-state index in [0.29, 0.717) is 35.4 Å².